The number of pyridine rings is 1. The van der Waals surface area contributed by atoms with Gasteiger partial charge in [0.25, 0.3) is 0 Å². The van der Waals surface area contributed by atoms with Crippen LogP contribution in [0.5, 0.6) is 11.5 Å². The van der Waals surface area contributed by atoms with Gasteiger partial charge in [0.05, 0.1) is 5.69 Å². The van der Waals surface area contributed by atoms with Crippen LogP contribution >= 0.6 is 0 Å². The fourth-order valence-corrected chi connectivity index (χ4v) is 6.85. The summed E-state index contributed by atoms with van der Waals surface area (Å²) in [5, 5.41) is 7.20. The molecule has 3 heterocycles. The molecule has 6 heteroatoms. The van der Waals surface area contributed by atoms with E-state index in [1.807, 2.05) is 41.2 Å². The first kappa shape index (κ1) is 35.4. The summed E-state index contributed by atoms with van der Waals surface area (Å²) in [7, 11) is 0. The molecule has 256 valence electrons. The standard InChI is InChI=1S/C44H44N4O.Pt/c1-28(2)29(3)34-17-20-40-39(24-34)38-19-18-37(26-41(38)47(40)42-23-32(21-22-45-42)27-44(6,7)8)49-36-16-12-15-35(25-36)48-31(5)43(30(4)46-48)33-13-10-9-11-14-33;/h9-24,28-29H,27H2,1-8H3;/q-2;+2. The van der Waals surface area contributed by atoms with Gasteiger partial charge in [-0.05, 0) is 83.5 Å². The van der Waals surface area contributed by atoms with E-state index in [-0.39, 0.29) is 26.5 Å². The van der Waals surface area contributed by atoms with Crippen molar-refractivity contribution in [3.05, 3.63) is 132 Å². The predicted molar refractivity (Wildman–Crippen MR) is 201 cm³/mol. The van der Waals surface area contributed by atoms with Crippen molar-refractivity contribution in [2.75, 3.05) is 0 Å². The molecular weight excluding hydrogens is 796 g/mol. The Kier molecular flexibility index (Phi) is 9.93. The average Bonchev–Trinajstić information content (AvgIpc) is 3.56. The van der Waals surface area contributed by atoms with E-state index in [4.69, 9.17) is 14.8 Å². The largest absolute Gasteiger partial charge is 2.00 e. The number of hydrogen-bond acceptors (Lipinski definition) is 3. The number of ether oxygens (including phenoxy) is 1. The van der Waals surface area contributed by atoms with Gasteiger partial charge < -0.3 is 9.30 Å². The fraction of sp³-hybridized carbons (Fsp3) is 0.273. The molecule has 0 aliphatic heterocycles. The van der Waals surface area contributed by atoms with Crippen molar-refractivity contribution in [2.24, 2.45) is 11.3 Å². The maximum absolute atomic E-state index is 6.49. The number of benzene rings is 4. The quantitative estimate of drug-likeness (QED) is 0.143. The maximum atomic E-state index is 6.49. The Morgan fingerprint density at radius 1 is 0.800 bits per heavy atom. The first-order valence-corrected chi connectivity index (χ1v) is 17.2. The molecule has 0 saturated carbocycles. The monoisotopic (exact) mass is 839 g/mol. The molecular formula is C44H44N4OPt. The van der Waals surface area contributed by atoms with E-state index >= 15 is 0 Å². The van der Waals surface area contributed by atoms with Crippen molar-refractivity contribution in [1.29, 1.82) is 0 Å². The van der Waals surface area contributed by atoms with Gasteiger partial charge in [-0.15, -0.1) is 35.7 Å². The summed E-state index contributed by atoms with van der Waals surface area (Å²) in [5.74, 6) is 3.08. The molecule has 0 fully saturated rings. The Balaban J connectivity index is 0.00000432. The van der Waals surface area contributed by atoms with Crippen LogP contribution in [-0.2, 0) is 27.5 Å². The third-order valence-electron chi connectivity index (χ3n) is 9.53. The summed E-state index contributed by atoms with van der Waals surface area (Å²) < 4.78 is 10.7. The topological polar surface area (TPSA) is 44.9 Å². The zero-order valence-electron chi connectivity index (χ0n) is 30.1. The number of rotatable bonds is 8. The van der Waals surface area contributed by atoms with Crippen molar-refractivity contribution in [1.82, 2.24) is 19.3 Å². The van der Waals surface area contributed by atoms with E-state index in [1.54, 1.807) is 0 Å². The predicted octanol–water partition coefficient (Wildman–Crippen LogP) is 11.4. The van der Waals surface area contributed by atoms with E-state index in [2.05, 4.69) is 133 Å². The summed E-state index contributed by atoms with van der Waals surface area (Å²) in [4.78, 5) is 4.88. The molecule has 0 amide bonds. The summed E-state index contributed by atoms with van der Waals surface area (Å²) in [6, 6.07) is 38.8. The molecule has 0 spiro atoms. The molecule has 50 heavy (non-hydrogen) atoms. The third-order valence-corrected chi connectivity index (χ3v) is 9.53. The van der Waals surface area contributed by atoms with Gasteiger partial charge in [0, 0.05) is 34.5 Å². The zero-order chi connectivity index (χ0) is 34.4. The summed E-state index contributed by atoms with van der Waals surface area (Å²) in [6.45, 7) is 17.8. The van der Waals surface area contributed by atoms with Crippen molar-refractivity contribution < 1.29 is 25.8 Å². The Morgan fingerprint density at radius 2 is 1.56 bits per heavy atom. The summed E-state index contributed by atoms with van der Waals surface area (Å²) in [6.07, 6.45) is 2.88. The Labute approximate surface area is 310 Å². The van der Waals surface area contributed by atoms with Crippen LogP contribution in [0.1, 0.15) is 70.0 Å². The molecule has 0 N–H and O–H groups in total. The Morgan fingerprint density at radius 3 is 2.30 bits per heavy atom. The van der Waals surface area contributed by atoms with Gasteiger partial charge in [-0.3, -0.25) is 4.68 Å². The van der Waals surface area contributed by atoms with Crippen LogP contribution in [0.25, 0.3) is 44.4 Å². The number of hydrogen-bond donors (Lipinski definition) is 0. The molecule has 7 aromatic rings. The van der Waals surface area contributed by atoms with Gasteiger partial charge in [-0.25, -0.2) is 4.98 Å². The summed E-state index contributed by atoms with van der Waals surface area (Å²) in [5.41, 5.74) is 9.94. The van der Waals surface area contributed by atoms with Crippen LogP contribution in [0.15, 0.2) is 97.2 Å². The molecule has 1 atom stereocenters. The number of aromatic nitrogens is 4. The molecule has 7 rings (SSSR count). The van der Waals surface area contributed by atoms with Crippen LogP contribution in [0.2, 0.25) is 0 Å². The number of nitrogens with zero attached hydrogens (tertiary/aromatic N) is 4. The molecule has 1 unspecified atom stereocenters. The molecule has 5 nitrogen and oxygen atoms in total. The SMILES string of the molecule is Cc1nn(-c2[c-]c(Oc3[c-]c4c(cc3)c3cc(C(C)C(C)C)ccc3n4-c3cc(CC(C)(C)C)ccn3)ccc2)c(C)c1-c1ccccc1.[Pt+2]. The Bertz CT molecular complexity index is 2290. The van der Waals surface area contributed by atoms with E-state index < -0.39 is 0 Å². The molecule has 0 saturated heterocycles. The second kappa shape index (κ2) is 14.0. The van der Waals surface area contributed by atoms with Gasteiger partial charge >= 0.3 is 21.1 Å². The average molecular weight is 840 g/mol. The molecule has 4 aromatic carbocycles. The minimum absolute atomic E-state index is 0. The minimum atomic E-state index is 0. The van der Waals surface area contributed by atoms with Gasteiger partial charge in [0.2, 0.25) is 0 Å². The van der Waals surface area contributed by atoms with Crippen LogP contribution in [-0.4, -0.2) is 19.3 Å². The van der Waals surface area contributed by atoms with Crippen molar-refractivity contribution in [3.8, 4) is 34.1 Å². The maximum Gasteiger partial charge on any atom is 2.00 e. The van der Waals surface area contributed by atoms with Gasteiger partial charge in [-0.2, -0.15) is 17.2 Å². The molecule has 0 bridgehead atoms. The fourth-order valence-electron chi connectivity index (χ4n) is 6.85. The van der Waals surface area contributed by atoms with E-state index in [9.17, 15) is 0 Å². The second-order valence-electron chi connectivity index (χ2n) is 14.8. The normalized spacial score (nSPS) is 12.4. The van der Waals surface area contributed by atoms with E-state index in [0.29, 0.717) is 23.3 Å². The minimum Gasteiger partial charge on any atom is -0.509 e. The van der Waals surface area contributed by atoms with Gasteiger partial charge in [0.1, 0.15) is 5.82 Å². The van der Waals surface area contributed by atoms with E-state index in [0.717, 1.165) is 56.9 Å². The number of fused-ring (bicyclic) bond motifs is 3. The second-order valence-corrected chi connectivity index (χ2v) is 14.8. The van der Waals surface area contributed by atoms with Crippen molar-refractivity contribution in [2.45, 2.75) is 67.7 Å². The number of aryl methyl sites for hydroxylation is 1. The van der Waals surface area contributed by atoms with Gasteiger partial charge in [0.15, 0.2) is 0 Å². The molecule has 3 aromatic heterocycles. The van der Waals surface area contributed by atoms with Crippen molar-refractivity contribution >= 4 is 21.8 Å². The molecule has 0 aliphatic carbocycles. The molecule has 0 aliphatic rings. The van der Waals surface area contributed by atoms with Crippen molar-refractivity contribution in [3.63, 3.8) is 0 Å². The first-order chi connectivity index (χ1) is 23.5. The van der Waals surface area contributed by atoms with Crippen LogP contribution < -0.4 is 4.74 Å². The third kappa shape index (κ3) is 6.94. The zero-order valence-corrected chi connectivity index (χ0v) is 32.4. The first-order valence-electron chi connectivity index (χ1n) is 17.2. The molecule has 0 radical (unpaired) electrons. The van der Waals surface area contributed by atoms with Crippen LogP contribution in [0.3, 0.4) is 0 Å². The van der Waals surface area contributed by atoms with Crippen LogP contribution in [0.4, 0.5) is 0 Å². The smallest absolute Gasteiger partial charge is 0.509 e. The summed E-state index contributed by atoms with van der Waals surface area (Å²) >= 11 is 0. The van der Waals surface area contributed by atoms with Gasteiger partial charge in [-0.1, -0.05) is 89.5 Å². The van der Waals surface area contributed by atoms with E-state index in [1.165, 1.54) is 16.5 Å². The van der Waals surface area contributed by atoms with Crippen LogP contribution in [0, 0.1) is 37.3 Å². The Hall–Kier alpha value is -4.47.